The normalized spacial score (nSPS) is 13.1. The molecule has 0 saturated heterocycles. The van der Waals surface area contributed by atoms with Gasteiger partial charge in [0.15, 0.2) is 0 Å². The van der Waals surface area contributed by atoms with Crippen molar-refractivity contribution in [3.05, 3.63) is 254 Å². The van der Waals surface area contributed by atoms with E-state index in [0.717, 1.165) is 116 Å². The van der Waals surface area contributed by atoms with Crippen LogP contribution in [0.15, 0.2) is 219 Å². The van der Waals surface area contributed by atoms with Crippen LogP contribution in [0.5, 0.6) is 11.5 Å². The molecule has 85 heavy (non-hydrogen) atoms. The summed E-state index contributed by atoms with van der Waals surface area (Å²) in [5.74, 6) is 1.62. The molecule has 0 radical (unpaired) electrons. The Bertz CT molecular complexity index is 5140. The van der Waals surface area contributed by atoms with Gasteiger partial charge in [0.1, 0.15) is 5.82 Å². The van der Waals surface area contributed by atoms with Crippen molar-refractivity contribution in [2.75, 3.05) is 4.90 Å². The van der Waals surface area contributed by atoms with Crippen LogP contribution in [0, 0.1) is 24.7 Å². The van der Waals surface area contributed by atoms with Gasteiger partial charge in [-0.25, -0.2) is 4.98 Å². The number of pyridine rings is 1. The fourth-order valence-electron chi connectivity index (χ4n) is 13.0. The number of fused-ring (bicyclic) bond motifs is 13. The molecule has 0 amide bonds. The molecular weight excluding hydrogens is 1220 g/mol. The largest absolute Gasteiger partial charge is 0.509 e. The second-order valence-electron chi connectivity index (χ2n) is 24.8. The molecule has 1 aliphatic rings. The minimum absolute atomic E-state index is 0. The van der Waals surface area contributed by atoms with Crippen molar-refractivity contribution in [2.24, 2.45) is 5.92 Å². The van der Waals surface area contributed by atoms with Gasteiger partial charge in [0.05, 0.1) is 11.0 Å². The van der Waals surface area contributed by atoms with Gasteiger partial charge in [0.25, 0.3) is 0 Å². The molecule has 7 heteroatoms. The fraction of sp³-hybridized carbons (Fsp3) is 0.154. The Labute approximate surface area is 513 Å². The van der Waals surface area contributed by atoms with Crippen molar-refractivity contribution in [3.8, 4) is 34.1 Å². The van der Waals surface area contributed by atoms with Crippen molar-refractivity contribution in [2.45, 2.75) is 72.6 Å². The van der Waals surface area contributed by atoms with E-state index in [0.29, 0.717) is 17.1 Å². The molecule has 0 spiro atoms. The molecule has 420 valence electrons. The van der Waals surface area contributed by atoms with Gasteiger partial charge in [-0.1, -0.05) is 224 Å². The van der Waals surface area contributed by atoms with Crippen LogP contribution in [0.2, 0.25) is 0 Å². The third-order valence-corrected chi connectivity index (χ3v) is 16.8. The van der Waals surface area contributed by atoms with Crippen LogP contribution in [0.3, 0.4) is 0 Å². The van der Waals surface area contributed by atoms with Crippen molar-refractivity contribution in [1.82, 2.24) is 18.7 Å². The third kappa shape index (κ3) is 9.04. The molecule has 15 rings (SSSR count). The molecule has 0 aliphatic carbocycles. The molecule has 14 aromatic rings. The van der Waals surface area contributed by atoms with Crippen molar-refractivity contribution < 1.29 is 28.5 Å². The Morgan fingerprint density at radius 2 is 1.06 bits per heavy atom. The standard InChI is InChI=1S/C78H64N5O.Pt/c1-49(2)40-50-41-51(43-53(42-50)78(6,7)8)57-31-20-32-64-60-26-11-9-24-58(60)59-25-10-12-27-61(59)65-33-21-37-70-76(65)81(75(57)64)48-80(70)54-22-19-23-55(45-54)84-56-46-71(82-67-34-16-13-28-62(67)63-29-14-17-35-68(63)82)74-66-30-15-18-36-69(66)83(72(74)47-56)73-44-52(38-39-79-73)77(3,4)5;/h9-39,41-44,46,48-49H,40H2,1-8H3;/q-3;/i40D2;. The second kappa shape index (κ2) is 20.6. The number of para-hydroxylation sites is 5. The fourth-order valence-corrected chi connectivity index (χ4v) is 13.0. The summed E-state index contributed by atoms with van der Waals surface area (Å²) in [5, 5.41) is 11.1. The Kier molecular flexibility index (Phi) is 12.5. The molecule has 0 bridgehead atoms. The number of rotatable bonds is 8. The Balaban J connectivity index is 0.00000667. The van der Waals surface area contributed by atoms with Crippen LogP contribution in [-0.4, -0.2) is 18.7 Å². The third-order valence-electron chi connectivity index (χ3n) is 16.8. The number of benzene rings is 10. The topological polar surface area (TPSA) is 40.1 Å². The van der Waals surface area contributed by atoms with Gasteiger partial charge in [-0.15, -0.1) is 30.3 Å². The summed E-state index contributed by atoms with van der Waals surface area (Å²) in [7, 11) is 0. The molecule has 0 fully saturated rings. The van der Waals surface area contributed by atoms with Crippen LogP contribution >= 0.6 is 0 Å². The number of aromatic nitrogens is 4. The average molecular weight is 1280 g/mol. The molecule has 1 aliphatic heterocycles. The second-order valence-corrected chi connectivity index (χ2v) is 24.8. The van der Waals surface area contributed by atoms with E-state index < -0.39 is 6.37 Å². The maximum atomic E-state index is 9.48. The van der Waals surface area contributed by atoms with E-state index in [1.807, 2.05) is 32.2 Å². The Morgan fingerprint density at radius 1 is 0.506 bits per heavy atom. The zero-order valence-electron chi connectivity index (χ0n) is 50.9. The zero-order valence-corrected chi connectivity index (χ0v) is 51.2. The van der Waals surface area contributed by atoms with E-state index in [9.17, 15) is 2.74 Å². The van der Waals surface area contributed by atoms with Crippen molar-refractivity contribution in [1.29, 1.82) is 0 Å². The predicted octanol–water partition coefficient (Wildman–Crippen LogP) is 20.8. The molecule has 0 saturated carbocycles. The molecule has 0 atom stereocenters. The maximum absolute atomic E-state index is 9.48. The summed E-state index contributed by atoms with van der Waals surface area (Å²) in [6.45, 7) is 19.5. The zero-order chi connectivity index (χ0) is 59.0. The van der Waals surface area contributed by atoms with Crippen LogP contribution in [-0.2, 0) is 38.3 Å². The van der Waals surface area contributed by atoms with E-state index in [2.05, 4.69) is 279 Å². The molecule has 10 aromatic carbocycles. The Morgan fingerprint density at radius 3 is 1.69 bits per heavy atom. The predicted molar refractivity (Wildman–Crippen MR) is 352 cm³/mol. The van der Waals surface area contributed by atoms with E-state index in [1.54, 1.807) is 0 Å². The number of hydrogen-bond donors (Lipinski definition) is 0. The number of ether oxygens (including phenoxy) is 1. The summed E-state index contributed by atoms with van der Waals surface area (Å²) >= 11 is 0. The van der Waals surface area contributed by atoms with Gasteiger partial charge in [0, 0.05) is 63.5 Å². The number of hydrogen-bond acceptors (Lipinski definition) is 3. The summed E-state index contributed by atoms with van der Waals surface area (Å²) in [4.78, 5) is 7.31. The molecule has 0 unspecified atom stereocenters. The Hall–Kier alpha value is -9.09. The average Bonchev–Trinajstić information content (AvgIpc) is 2.89. The minimum Gasteiger partial charge on any atom is -0.509 e. The molecular formula is C78H64N5OPt-3. The van der Waals surface area contributed by atoms with Crippen LogP contribution in [0.25, 0.3) is 110 Å². The van der Waals surface area contributed by atoms with Crippen LogP contribution < -0.4 is 9.64 Å². The first kappa shape index (κ1) is 51.5. The van der Waals surface area contributed by atoms with Gasteiger partial charge in [-0.05, 0) is 148 Å². The summed E-state index contributed by atoms with van der Waals surface area (Å²) in [6, 6.07) is 83.2. The van der Waals surface area contributed by atoms with Gasteiger partial charge >= 0.3 is 0 Å². The molecule has 6 nitrogen and oxygen atoms in total. The molecule has 5 heterocycles. The van der Waals surface area contributed by atoms with E-state index in [4.69, 9.17) is 9.72 Å². The van der Waals surface area contributed by atoms with Gasteiger partial charge < -0.3 is 23.3 Å². The first-order valence-electron chi connectivity index (χ1n) is 30.2. The maximum Gasteiger partial charge on any atom is 0.135 e. The molecule has 0 N–H and O–H groups in total. The molecule has 4 aromatic heterocycles. The monoisotopic (exact) mass is 1280 g/mol. The van der Waals surface area contributed by atoms with Crippen molar-refractivity contribution >= 4 is 98.3 Å². The summed E-state index contributed by atoms with van der Waals surface area (Å²) < 4.78 is 33.2. The first-order chi connectivity index (χ1) is 41.5. The van der Waals surface area contributed by atoms with E-state index >= 15 is 0 Å². The summed E-state index contributed by atoms with van der Waals surface area (Å²) in [5.41, 5.74) is 13.3. The van der Waals surface area contributed by atoms with Gasteiger partial charge in [-0.2, -0.15) is 6.07 Å². The van der Waals surface area contributed by atoms with E-state index in [1.165, 1.54) is 16.3 Å². The number of nitrogens with zero attached hydrogens (tertiary/aromatic N) is 5. The van der Waals surface area contributed by atoms with Crippen LogP contribution in [0.1, 0.15) is 74.8 Å². The number of anilines is 2. The smallest absolute Gasteiger partial charge is 0.135 e. The summed E-state index contributed by atoms with van der Waals surface area (Å²) in [6.07, 6.45) is 0.342. The first-order valence-corrected chi connectivity index (χ1v) is 29.2. The minimum atomic E-state index is -1.58. The van der Waals surface area contributed by atoms with Crippen molar-refractivity contribution in [3.63, 3.8) is 0 Å². The van der Waals surface area contributed by atoms with Gasteiger partial charge in [0.2, 0.25) is 0 Å². The quantitative estimate of drug-likeness (QED) is 0.142. The van der Waals surface area contributed by atoms with Crippen LogP contribution in [0.4, 0.5) is 11.4 Å². The van der Waals surface area contributed by atoms with E-state index in [-0.39, 0.29) is 37.8 Å². The van der Waals surface area contributed by atoms with Gasteiger partial charge in [-0.3, -0.25) is 0 Å². The SMILES string of the molecule is [2H]C([2H])(c1cc(-c2cccc3c4ccccc4c4ccccc4c4cccc5c4n(c23)[CH-]N5c2[c-]c(Oc3[c-]c4c(c(-n5c6ccccc6c6ccccc65)c3)c3ccccc3n4-c3cc(C(C)(C)C)ccn3)ccc2)cc(C(C)(C)C)c1)C(C)C.[Pt].